The number of carbonyl (C=O) groups excluding carboxylic acids is 1. The highest BCUT2D eigenvalue weighted by molar-refractivity contribution is 6.30. The van der Waals surface area contributed by atoms with Crippen molar-refractivity contribution in [2.45, 2.75) is 25.0 Å². The number of nitrogens with two attached hydrogens (primary N) is 1. The van der Waals surface area contributed by atoms with Gasteiger partial charge >= 0.3 is 0 Å². The molecule has 3 heterocycles. The molecule has 4 rings (SSSR count). The van der Waals surface area contributed by atoms with Crippen LogP contribution in [-0.2, 0) is 10.3 Å². The second-order valence-corrected chi connectivity index (χ2v) is 6.87. The number of halogens is 1. The Labute approximate surface area is 150 Å². The Morgan fingerprint density at radius 2 is 2.12 bits per heavy atom. The fourth-order valence-electron chi connectivity index (χ4n) is 3.50. The second kappa shape index (κ2) is 5.46. The first-order chi connectivity index (χ1) is 11.9. The summed E-state index contributed by atoms with van der Waals surface area (Å²) < 4.78 is 5.93. The molecule has 1 amide bonds. The molecule has 128 valence electrons. The van der Waals surface area contributed by atoms with E-state index in [4.69, 9.17) is 22.1 Å². The number of hydrogen-bond acceptors (Lipinski definition) is 5. The predicted molar refractivity (Wildman–Crippen MR) is 95.5 cm³/mol. The summed E-state index contributed by atoms with van der Waals surface area (Å²) >= 11 is 6.05. The summed E-state index contributed by atoms with van der Waals surface area (Å²) in [5.41, 5.74) is 7.37. The quantitative estimate of drug-likeness (QED) is 0.851. The van der Waals surface area contributed by atoms with Gasteiger partial charge in [0.25, 0.3) is 5.91 Å². The molecule has 2 N–H and O–H groups in total. The van der Waals surface area contributed by atoms with Crippen LogP contribution in [0.5, 0.6) is 5.75 Å². The summed E-state index contributed by atoms with van der Waals surface area (Å²) in [5.74, 6) is 0.736. The van der Waals surface area contributed by atoms with Crippen molar-refractivity contribution in [1.82, 2.24) is 9.88 Å². The molecule has 2 aliphatic rings. The van der Waals surface area contributed by atoms with Crippen LogP contribution in [-0.4, -0.2) is 34.9 Å². The molecular formula is C18H17ClN4O2. The number of hydrogen-bond donors (Lipinski definition) is 1. The van der Waals surface area contributed by atoms with Gasteiger partial charge in [0.2, 0.25) is 0 Å². The number of amides is 1. The number of guanidine groups is 1. The third-order valence-electron chi connectivity index (χ3n) is 4.68. The van der Waals surface area contributed by atoms with E-state index in [1.807, 2.05) is 31.2 Å². The van der Waals surface area contributed by atoms with Crippen LogP contribution in [0.25, 0.3) is 11.1 Å². The Bertz CT molecular complexity index is 914. The normalized spacial score (nSPS) is 24.9. The van der Waals surface area contributed by atoms with Crippen LogP contribution in [0.1, 0.15) is 18.9 Å². The molecule has 0 fully saturated rings. The van der Waals surface area contributed by atoms with Crippen LogP contribution in [0.4, 0.5) is 0 Å². The zero-order valence-electron chi connectivity index (χ0n) is 13.9. The van der Waals surface area contributed by atoms with Gasteiger partial charge in [0.1, 0.15) is 5.75 Å². The number of pyridine rings is 1. The fourth-order valence-corrected chi connectivity index (χ4v) is 3.67. The minimum absolute atomic E-state index is 0.136. The van der Waals surface area contributed by atoms with Gasteiger partial charge in [0.15, 0.2) is 11.5 Å². The van der Waals surface area contributed by atoms with E-state index in [2.05, 4.69) is 9.98 Å². The van der Waals surface area contributed by atoms with Crippen LogP contribution in [0.2, 0.25) is 5.02 Å². The average molecular weight is 357 g/mol. The molecule has 1 unspecified atom stereocenters. The zero-order chi connectivity index (χ0) is 17.8. The van der Waals surface area contributed by atoms with Crippen molar-refractivity contribution in [3.05, 3.63) is 47.2 Å². The van der Waals surface area contributed by atoms with Crippen molar-refractivity contribution in [3.63, 3.8) is 0 Å². The van der Waals surface area contributed by atoms with Crippen LogP contribution in [0.15, 0.2) is 41.7 Å². The minimum Gasteiger partial charge on any atom is -0.490 e. The van der Waals surface area contributed by atoms with E-state index < -0.39 is 5.54 Å². The maximum absolute atomic E-state index is 12.9. The van der Waals surface area contributed by atoms with Gasteiger partial charge in [0, 0.05) is 37.0 Å². The second-order valence-electron chi connectivity index (χ2n) is 6.43. The van der Waals surface area contributed by atoms with Gasteiger partial charge in [-0.15, -0.1) is 0 Å². The van der Waals surface area contributed by atoms with Crippen molar-refractivity contribution in [2.24, 2.45) is 10.7 Å². The monoisotopic (exact) mass is 356 g/mol. The van der Waals surface area contributed by atoms with Crippen molar-refractivity contribution in [1.29, 1.82) is 0 Å². The largest absolute Gasteiger partial charge is 0.490 e. The SMILES string of the molecule is C[C@@H]1CC2(N=C(N)N(C)C2=O)c2cc(-c3cncc(Cl)c3)ccc2O1. The molecule has 7 heteroatoms. The van der Waals surface area contributed by atoms with Crippen molar-refractivity contribution >= 4 is 23.5 Å². The lowest BCUT2D eigenvalue weighted by atomic mass is 9.81. The molecule has 1 aromatic heterocycles. The minimum atomic E-state index is -1.03. The van der Waals surface area contributed by atoms with E-state index in [-0.39, 0.29) is 18.0 Å². The van der Waals surface area contributed by atoms with Gasteiger partial charge < -0.3 is 10.5 Å². The first-order valence-electron chi connectivity index (χ1n) is 7.96. The summed E-state index contributed by atoms with van der Waals surface area (Å²) in [6, 6.07) is 7.53. The highest BCUT2D eigenvalue weighted by atomic mass is 35.5. The lowest BCUT2D eigenvalue weighted by Gasteiger charge is -2.35. The molecule has 0 bridgehead atoms. The number of ether oxygens (including phenoxy) is 1. The van der Waals surface area contributed by atoms with Crippen molar-refractivity contribution < 1.29 is 9.53 Å². The summed E-state index contributed by atoms with van der Waals surface area (Å²) in [6.45, 7) is 1.93. The summed E-state index contributed by atoms with van der Waals surface area (Å²) in [6.07, 6.45) is 3.61. The maximum atomic E-state index is 12.9. The molecule has 2 aromatic rings. The lowest BCUT2D eigenvalue weighted by Crippen LogP contribution is -2.45. The van der Waals surface area contributed by atoms with Crippen LogP contribution in [0.3, 0.4) is 0 Å². The Hall–Kier alpha value is -2.60. The molecule has 0 saturated heterocycles. The topological polar surface area (TPSA) is 80.8 Å². The molecular weight excluding hydrogens is 340 g/mol. The molecule has 1 spiro atoms. The van der Waals surface area contributed by atoms with Crippen LogP contribution < -0.4 is 10.5 Å². The lowest BCUT2D eigenvalue weighted by molar-refractivity contribution is -0.132. The van der Waals surface area contributed by atoms with E-state index >= 15 is 0 Å². The van der Waals surface area contributed by atoms with Crippen molar-refractivity contribution in [3.8, 4) is 16.9 Å². The summed E-state index contributed by atoms with van der Waals surface area (Å²) in [7, 11) is 1.64. The van der Waals surface area contributed by atoms with Gasteiger partial charge in [-0.05, 0) is 30.7 Å². The molecule has 0 saturated carbocycles. The van der Waals surface area contributed by atoms with Gasteiger partial charge in [-0.25, -0.2) is 4.99 Å². The molecule has 6 nitrogen and oxygen atoms in total. The highest BCUT2D eigenvalue weighted by Gasteiger charge is 2.52. The van der Waals surface area contributed by atoms with E-state index in [1.54, 1.807) is 19.4 Å². The third-order valence-corrected chi connectivity index (χ3v) is 4.89. The van der Waals surface area contributed by atoms with E-state index in [1.165, 1.54) is 4.90 Å². The van der Waals surface area contributed by atoms with E-state index in [9.17, 15) is 4.79 Å². The van der Waals surface area contributed by atoms with Gasteiger partial charge in [-0.2, -0.15) is 0 Å². The highest BCUT2D eigenvalue weighted by Crippen LogP contribution is 2.46. The number of aliphatic imine (C=N–C) groups is 1. The maximum Gasteiger partial charge on any atom is 0.261 e. The van der Waals surface area contributed by atoms with Gasteiger partial charge in [0.05, 0.1) is 11.1 Å². The molecule has 25 heavy (non-hydrogen) atoms. The average Bonchev–Trinajstić information content (AvgIpc) is 2.79. The standard InChI is InChI=1S/C18H17ClN4O2/c1-10-7-18(16(24)23(2)17(20)22-18)14-6-11(3-4-15(14)25-10)12-5-13(19)9-21-8-12/h3-6,8-10H,7H2,1-2H3,(H2,20,22)/t10-,18?/m1/s1. The van der Waals surface area contributed by atoms with E-state index in [0.29, 0.717) is 17.2 Å². The molecule has 2 aliphatic heterocycles. The Morgan fingerprint density at radius 3 is 2.80 bits per heavy atom. The smallest absolute Gasteiger partial charge is 0.261 e. The molecule has 0 radical (unpaired) electrons. The number of rotatable bonds is 1. The predicted octanol–water partition coefficient (Wildman–Crippen LogP) is 2.56. The molecule has 2 atom stereocenters. The van der Waals surface area contributed by atoms with Crippen molar-refractivity contribution in [2.75, 3.05) is 7.05 Å². The van der Waals surface area contributed by atoms with Gasteiger partial charge in [-0.1, -0.05) is 17.7 Å². The summed E-state index contributed by atoms with van der Waals surface area (Å²) in [4.78, 5) is 23.0. The Kier molecular flexibility index (Phi) is 3.47. The summed E-state index contributed by atoms with van der Waals surface area (Å²) in [5, 5.41) is 0.550. The fraction of sp³-hybridized carbons (Fsp3) is 0.278. The number of nitrogens with zero attached hydrogens (tertiary/aromatic N) is 3. The van der Waals surface area contributed by atoms with Crippen LogP contribution >= 0.6 is 11.6 Å². The number of carbonyl (C=O) groups is 1. The number of likely N-dealkylation sites (N-methyl/N-ethyl adjacent to an activating group) is 1. The number of benzene rings is 1. The number of aromatic nitrogens is 1. The molecule has 0 aliphatic carbocycles. The first kappa shape index (κ1) is 15.9. The Balaban J connectivity index is 1.91. The first-order valence-corrected chi connectivity index (χ1v) is 8.34. The van der Waals surface area contributed by atoms with E-state index in [0.717, 1.165) is 16.7 Å². The zero-order valence-corrected chi connectivity index (χ0v) is 14.6. The van der Waals surface area contributed by atoms with Gasteiger partial charge in [-0.3, -0.25) is 14.7 Å². The third kappa shape index (κ3) is 2.36. The number of fused-ring (bicyclic) bond motifs is 2. The van der Waals surface area contributed by atoms with Crippen LogP contribution in [0, 0.1) is 0 Å². The Morgan fingerprint density at radius 1 is 1.32 bits per heavy atom. The molecule has 1 aromatic carbocycles.